The molecule has 1 fully saturated rings. The average Bonchev–Trinajstić information content (AvgIpc) is 2.84. The Labute approximate surface area is 112 Å². The van der Waals surface area contributed by atoms with E-state index in [-0.39, 0.29) is 11.4 Å². The van der Waals surface area contributed by atoms with E-state index in [4.69, 9.17) is 22.1 Å². The minimum Gasteiger partial charge on any atom is -0.394 e. The molecule has 2 rings (SSSR count). The first-order valence-electron chi connectivity index (χ1n) is 6.28. The molecule has 6 heteroatoms. The molecule has 2 N–H and O–H groups in total. The minimum atomic E-state index is 0.238. The monoisotopic (exact) mass is 270 g/mol. The van der Waals surface area contributed by atoms with Gasteiger partial charge >= 0.3 is 0 Å². The first kappa shape index (κ1) is 13.4. The van der Waals surface area contributed by atoms with Crippen LogP contribution in [-0.2, 0) is 4.74 Å². The summed E-state index contributed by atoms with van der Waals surface area (Å²) in [5.41, 5.74) is 7.35. The maximum atomic E-state index is 6.04. The van der Waals surface area contributed by atoms with E-state index in [0.717, 1.165) is 38.2 Å². The molecule has 1 unspecified atom stereocenters. The molecule has 1 aromatic rings. The number of anilines is 2. The molecule has 0 aromatic carbocycles. The summed E-state index contributed by atoms with van der Waals surface area (Å²) in [5.74, 6) is 0.713. The largest absolute Gasteiger partial charge is 0.394 e. The van der Waals surface area contributed by atoms with E-state index in [1.807, 2.05) is 6.92 Å². The predicted octanol–water partition coefficient (Wildman–Crippen LogP) is 2.03. The third-order valence-corrected chi connectivity index (χ3v) is 3.39. The van der Waals surface area contributed by atoms with Crippen molar-refractivity contribution >= 4 is 23.1 Å². The second-order valence-corrected chi connectivity index (χ2v) is 4.83. The minimum absolute atomic E-state index is 0.238. The summed E-state index contributed by atoms with van der Waals surface area (Å²) in [7, 11) is 0. The van der Waals surface area contributed by atoms with Crippen LogP contribution in [0.1, 0.15) is 25.5 Å². The number of aromatic nitrogens is 2. The number of halogens is 1. The lowest BCUT2D eigenvalue weighted by atomic mass is 10.2. The lowest BCUT2D eigenvalue weighted by Crippen LogP contribution is -2.33. The van der Waals surface area contributed by atoms with Gasteiger partial charge in [0.2, 0.25) is 5.28 Å². The van der Waals surface area contributed by atoms with Gasteiger partial charge in [-0.25, -0.2) is 4.98 Å². The van der Waals surface area contributed by atoms with E-state index < -0.39 is 0 Å². The van der Waals surface area contributed by atoms with Crippen LogP contribution in [-0.4, -0.2) is 35.8 Å². The van der Waals surface area contributed by atoms with Crippen LogP contribution >= 0.6 is 11.6 Å². The van der Waals surface area contributed by atoms with Gasteiger partial charge in [0, 0.05) is 19.7 Å². The summed E-state index contributed by atoms with van der Waals surface area (Å²) in [5, 5.41) is 0.238. The van der Waals surface area contributed by atoms with Crippen molar-refractivity contribution in [1.29, 1.82) is 0 Å². The van der Waals surface area contributed by atoms with E-state index in [1.165, 1.54) is 0 Å². The van der Waals surface area contributed by atoms with Gasteiger partial charge in [0.15, 0.2) is 5.82 Å². The fourth-order valence-corrected chi connectivity index (χ4v) is 2.38. The molecule has 0 bridgehead atoms. The maximum absolute atomic E-state index is 6.04. The van der Waals surface area contributed by atoms with Crippen molar-refractivity contribution in [3.8, 4) is 0 Å². The Hall–Kier alpha value is -1.07. The van der Waals surface area contributed by atoms with Crippen molar-refractivity contribution in [1.82, 2.24) is 9.97 Å². The maximum Gasteiger partial charge on any atom is 0.224 e. The molecule has 1 aromatic heterocycles. The topological polar surface area (TPSA) is 64.3 Å². The Morgan fingerprint density at radius 3 is 2.89 bits per heavy atom. The van der Waals surface area contributed by atoms with Crippen LogP contribution in [0, 0.1) is 6.92 Å². The lowest BCUT2D eigenvalue weighted by Gasteiger charge is -2.26. The van der Waals surface area contributed by atoms with Crippen LogP contribution in [0.15, 0.2) is 0 Å². The molecule has 0 saturated carbocycles. The number of nitrogens with zero attached hydrogens (tertiary/aromatic N) is 3. The molecule has 5 nitrogen and oxygen atoms in total. The Morgan fingerprint density at radius 2 is 2.28 bits per heavy atom. The van der Waals surface area contributed by atoms with Crippen LogP contribution in [0.25, 0.3) is 0 Å². The van der Waals surface area contributed by atoms with E-state index in [1.54, 1.807) is 0 Å². The molecular weight excluding hydrogens is 252 g/mol. The smallest absolute Gasteiger partial charge is 0.224 e. The molecule has 0 spiro atoms. The fourth-order valence-electron chi connectivity index (χ4n) is 2.17. The molecule has 0 amide bonds. The molecular formula is C12H19ClN4O. The molecule has 2 heterocycles. The van der Waals surface area contributed by atoms with Crippen LogP contribution < -0.4 is 10.6 Å². The van der Waals surface area contributed by atoms with Gasteiger partial charge in [-0.05, 0) is 38.3 Å². The first-order chi connectivity index (χ1) is 8.61. The van der Waals surface area contributed by atoms with Crippen molar-refractivity contribution in [3.63, 3.8) is 0 Å². The lowest BCUT2D eigenvalue weighted by molar-refractivity contribution is 0.115. The highest BCUT2D eigenvalue weighted by molar-refractivity contribution is 6.28. The predicted molar refractivity (Wildman–Crippen MR) is 73.1 cm³/mol. The summed E-state index contributed by atoms with van der Waals surface area (Å²) < 4.78 is 5.65. The highest BCUT2D eigenvalue weighted by Gasteiger charge is 2.21. The SMILES string of the molecule is CCN(CC1CCCO1)c1nc(Cl)nc(C)c1N. The number of hydrogen-bond donors (Lipinski definition) is 1. The van der Waals surface area contributed by atoms with Gasteiger partial charge in [-0.3, -0.25) is 0 Å². The van der Waals surface area contributed by atoms with Crippen LogP contribution in [0.4, 0.5) is 11.5 Å². The Bertz CT molecular complexity index is 421. The van der Waals surface area contributed by atoms with Gasteiger partial charge in [0.05, 0.1) is 17.5 Å². The number of nitrogen functional groups attached to an aromatic ring is 1. The summed E-state index contributed by atoms with van der Waals surface area (Å²) in [4.78, 5) is 10.4. The second-order valence-electron chi connectivity index (χ2n) is 4.49. The van der Waals surface area contributed by atoms with E-state index in [0.29, 0.717) is 11.5 Å². The number of aryl methyl sites for hydroxylation is 1. The molecule has 1 saturated heterocycles. The Morgan fingerprint density at radius 1 is 1.50 bits per heavy atom. The first-order valence-corrected chi connectivity index (χ1v) is 6.65. The zero-order valence-corrected chi connectivity index (χ0v) is 11.6. The molecule has 0 radical (unpaired) electrons. The summed E-state index contributed by atoms with van der Waals surface area (Å²) in [6, 6.07) is 0. The average molecular weight is 271 g/mol. The fraction of sp³-hybridized carbons (Fsp3) is 0.667. The van der Waals surface area contributed by atoms with Crippen molar-refractivity contribution in [3.05, 3.63) is 11.0 Å². The van der Waals surface area contributed by atoms with Crippen LogP contribution in [0.5, 0.6) is 0 Å². The van der Waals surface area contributed by atoms with Crippen molar-refractivity contribution < 1.29 is 4.74 Å². The van der Waals surface area contributed by atoms with Crippen molar-refractivity contribution in [2.75, 3.05) is 30.3 Å². The molecule has 1 atom stereocenters. The number of likely N-dealkylation sites (N-methyl/N-ethyl adjacent to an activating group) is 1. The Balaban J connectivity index is 2.20. The highest BCUT2D eigenvalue weighted by Crippen LogP contribution is 2.26. The van der Waals surface area contributed by atoms with Gasteiger partial charge in [-0.1, -0.05) is 0 Å². The van der Waals surface area contributed by atoms with Crippen LogP contribution in [0.3, 0.4) is 0 Å². The van der Waals surface area contributed by atoms with E-state index in [9.17, 15) is 0 Å². The normalized spacial score (nSPS) is 19.2. The van der Waals surface area contributed by atoms with Gasteiger partial charge in [-0.15, -0.1) is 0 Å². The zero-order chi connectivity index (χ0) is 13.1. The number of rotatable bonds is 4. The third kappa shape index (κ3) is 2.84. The van der Waals surface area contributed by atoms with Gasteiger partial charge < -0.3 is 15.4 Å². The summed E-state index contributed by atoms with van der Waals surface area (Å²) >= 11 is 5.90. The summed E-state index contributed by atoms with van der Waals surface area (Å²) in [6.07, 6.45) is 2.48. The van der Waals surface area contributed by atoms with Gasteiger partial charge in [0.25, 0.3) is 0 Å². The van der Waals surface area contributed by atoms with Crippen molar-refractivity contribution in [2.45, 2.75) is 32.8 Å². The quantitative estimate of drug-likeness (QED) is 0.848. The second kappa shape index (κ2) is 5.71. The Kier molecular flexibility index (Phi) is 4.24. The molecule has 1 aliphatic heterocycles. The summed E-state index contributed by atoms with van der Waals surface area (Å²) in [6.45, 7) is 6.37. The molecule has 18 heavy (non-hydrogen) atoms. The molecule has 100 valence electrons. The van der Waals surface area contributed by atoms with Crippen LogP contribution in [0.2, 0.25) is 5.28 Å². The van der Waals surface area contributed by atoms with Gasteiger partial charge in [-0.2, -0.15) is 4.98 Å². The molecule has 0 aliphatic carbocycles. The van der Waals surface area contributed by atoms with Crippen molar-refractivity contribution in [2.24, 2.45) is 0 Å². The highest BCUT2D eigenvalue weighted by atomic mass is 35.5. The van der Waals surface area contributed by atoms with Gasteiger partial charge in [0.1, 0.15) is 0 Å². The number of nitrogens with two attached hydrogens (primary N) is 1. The van der Waals surface area contributed by atoms with E-state index >= 15 is 0 Å². The number of ether oxygens (including phenoxy) is 1. The number of hydrogen-bond acceptors (Lipinski definition) is 5. The third-order valence-electron chi connectivity index (χ3n) is 3.22. The standard InChI is InChI=1S/C12H19ClN4O/c1-3-17(7-9-5-4-6-18-9)11-10(14)8(2)15-12(13)16-11/h9H,3-7,14H2,1-2H3. The van der Waals surface area contributed by atoms with E-state index in [2.05, 4.69) is 21.8 Å². The zero-order valence-electron chi connectivity index (χ0n) is 10.8. The molecule has 1 aliphatic rings.